The van der Waals surface area contributed by atoms with Gasteiger partial charge >= 0.3 is 5.97 Å². The van der Waals surface area contributed by atoms with Crippen LogP contribution >= 0.6 is 15.9 Å². The molecule has 7 aromatic rings. The topological polar surface area (TPSA) is 224 Å². The molecule has 366 valence electrons. The second-order valence-corrected chi connectivity index (χ2v) is 17.3. The van der Waals surface area contributed by atoms with Gasteiger partial charge in [-0.25, -0.2) is 13.6 Å². The van der Waals surface area contributed by atoms with Gasteiger partial charge < -0.3 is 39.5 Å². The number of pyridine rings is 4. The molecular formula is C51H46BrF2N7O10. The number of hydrogen-bond donors (Lipinski definition) is 4. The SMILES string of the molecule is CCOC(=O)c1c(O)c2ncc(Cc3ccc(F)cc3)c(Br)c2n(CCCN2C(=O)c3ccccc3C2=O)c1=O.COCCNC(=O)c1c(O)c2ncc(Cc3ccc(F)cc3)c3c2n(c1=O)CCCN3. The number of aryl methyl sites for hydroxylation is 2. The van der Waals surface area contributed by atoms with Crippen LogP contribution in [0.1, 0.15) is 83.5 Å². The van der Waals surface area contributed by atoms with Crippen LogP contribution in [0.15, 0.2) is 99.3 Å². The zero-order valence-corrected chi connectivity index (χ0v) is 40.0. The van der Waals surface area contributed by atoms with E-state index in [4.69, 9.17) is 9.47 Å². The highest BCUT2D eigenvalue weighted by Gasteiger charge is 2.35. The zero-order valence-electron chi connectivity index (χ0n) is 38.4. The minimum absolute atomic E-state index is 0.00175. The monoisotopic (exact) mass is 1030 g/mol. The number of benzene rings is 3. The van der Waals surface area contributed by atoms with Crippen LogP contribution in [0, 0.1) is 11.6 Å². The second-order valence-electron chi connectivity index (χ2n) is 16.5. The highest BCUT2D eigenvalue weighted by molar-refractivity contribution is 9.10. The fraction of sp³-hybridized carbons (Fsp3) is 0.255. The number of nitrogens with one attached hydrogen (secondary N) is 2. The minimum atomic E-state index is -0.991. The van der Waals surface area contributed by atoms with Crippen LogP contribution in [-0.4, -0.2) is 97.9 Å². The maximum atomic E-state index is 13.6. The van der Waals surface area contributed by atoms with Crippen LogP contribution in [-0.2, 0) is 35.4 Å². The van der Waals surface area contributed by atoms with E-state index in [0.717, 1.165) is 21.6 Å². The number of carbonyl (C=O) groups is 4. The molecule has 0 radical (unpaired) electrons. The van der Waals surface area contributed by atoms with Crippen LogP contribution < -0.4 is 21.8 Å². The predicted octanol–water partition coefficient (Wildman–Crippen LogP) is 6.48. The first-order chi connectivity index (χ1) is 34.2. The molecule has 9 rings (SSSR count). The van der Waals surface area contributed by atoms with Crippen LogP contribution in [0.4, 0.5) is 14.5 Å². The molecule has 3 aromatic carbocycles. The summed E-state index contributed by atoms with van der Waals surface area (Å²) in [7, 11) is 1.50. The van der Waals surface area contributed by atoms with Gasteiger partial charge in [0.25, 0.3) is 28.8 Å². The van der Waals surface area contributed by atoms with Crippen molar-refractivity contribution in [3.8, 4) is 11.5 Å². The lowest BCUT2D eigenvalue weighted by Crippen LogP contribution is -2.35. The Hall–Kier alpha value is -7.84. The number of nitrogens with zero attached hydrogens (tertiary/aromatic N) is 5. The van der Waals surface area contributed by atoms with E-state index in [0.29, 0.717) is 64.7 Å². The van der Waals surface area contributed by atoms with Crippen LogP contribution in [0.25, 0.3) is 22.1 Å². The summed E-state index contributed by atoms with van der Waals surface area (Å²) in [6, 6.07) is 18.6. The Labute approximate surface area is 411 Å². The molecule has 0 unspecified atom stereocenters. The first-order valence-electron chi connectivity index (χ1n) is 22.6. The number of ether oxygens (including phenoxy) is 2. The first kappa shape index (κ1) is 49.6. The molecule has 0 atom stereocenters. The van der Waals surface area contributed by atoms with E-state index >= 15 is 0 Å². The predicted molar refractivity (Wildman–Crippen MR) is 261 cm³/mol. The van der Waals surface area contributed by atoms with Gasteiger partial charge in [0.05, 0.1) is 41.1 Å². The Kier molecular flexibility index (Phi) is 15.0. The first-order valence-corrected chi connectivity index (χ1v) is 23.4. The van der Waals surface area contributed by atoms with Crippen molar-refractivity contribution < 1.29 is 47.6 Å². The average molecular weight is 1030 g/mol. The molecule has 4 N–H and O–H groups in total. The zero-order chi connectivity index (χ0) is 50.5. The lowest BCUT2D eigenvalue weighted by atomic mass is 10.0. The van der Waals surface area contributed by atoms with Crippen molar-refractivity contribution in [3.05, 3.63) is 167 Å². The van der Waals surface area contributed by atoms with Crippen molar-refractivity contribution in [1.29, 1.82) is 0 Å². The van der Waals surface area contributed by atoms with Gasteiger partial charge in [-0.05, 0) is 88.8 Å². The minimum Gasteiger partial charge on any atom is -0.505 e. The van der Waals surface area contributed by atoms with Crippen LogP contribution in [0.3, 0.4) is 0 Å². The molecule has 6 heterocycles. The molecule has 4 aromatic heterocycles. The van der Waals surface area contributed by atoms with E-state index in [2.05, 4.69) is 36.5 Å². The number of aromatic nitrogens is 4. The Bertz CT molecular complexity index is 3330. The van der Waals surface area contributed by atoms with Gasteiger partial charge in [-0.1, -0.05) is 36.4 Å². The summed E-state index contributed by atoms with van der Waals surface area (Å²) in [6.07, 6.45) is 4.77. The summed E-state index contributed by atoms with van der Waals surface area (Å²) in [5, 5.41) is 27.6. The maximum Gasteiger partial charge on any atom is 0.347 e. The third kappa shape index (κ3) is 9.98. The molecular weight excluding hydrogens is 988 g/mol. The fourth-order valence-electron chi connectivity index (χ4n) is 8.58. The molecule has 0 saturated carbocycles. The number of esters is 1. The normalized spacial score (nSPS) is 12.8. The Morgan fingerprint density at radius 1 is 0.789 bits per heavy atom. The highest BCUT2D eigenvalue weighted by atomic mass is 79.9. The van der Waals surface area contributed by atoms with Crippen LogP contribution in [0.2, 0.25) is 0 Å². The largest absolute Gasteiger partial charge is 0.505 e. The standard InChI is InChI=1S/C29H23BrFN3O6.C22H23FN4O4/c1-2-40-29(39)21-25(35)23-24(22(30)17(15-32-23)14-16-8-10-18(31)11-9-16)33(28(21)38)12-5-13-34-26(36)19-6-3-4-7-20(19)27(34)37;1-31-10-8-25-21(29)16-20(28)18-19-17(24-7-2-9-27(19)22(16)30)14(12-26-18)11-13-3-5-15(23)6-4-13/h3-4,6-11,15,35H,2,5,12-14H2,1H3;3-6,12,24,28H,2,7-11H2,1H3,(H,25,29). The van der Waals surface area contributed by atoms with E-state index in [9.17, 15) is 47.8 Å². The number of fused-ring (bicyclic) bond motifs is 2. The van der Waals surface area contributed by atoms with E-state index in [-0.39, 0.29) is 73.0 Å². The number of aromatic hydroxyl groups is 2. The van der Waals surface area contributed by atoms with Crippen molar-refractivity contribution in [2.45, 2.75) is 45.7 Å². The molecule has 71 heavy (non-hydrogen) atoms. The van der Waals surface area contributed by atoms with Gasteiger partial charge in [0.2, 0.25) is 0 Å². The molecule has 2 aliphatic heterocycles. The summed E-state index contributed by atoms with van der Waals surface area (Å²) in [5.41, 5.74) is 3.10. The van der Waals surface area contributed by atoms with Gasteiger partial charge in [-0.3, -0.25) is 38.8 Å². The van der Waals surface area contributed by atoms with Crippen LogP contribution in [0.5, 0.6) is 11.5 Å². The molecule has 0 saturated heterocycles. The van der Waals surface area contributed by atoms with E-state index in [1.54, 1.807) is 61.7 Å². The molecule has 0 spiro atoms. The van der Waals surface area contributed by atoms with Crippen molar-refractivity contribution in [3.63, 3.8) is 0 Å². The van der Waals surface area contributed by atoms with Gasteiger partial charge in [0.15, 0.2) is 17.1 Å². The summed E-state index contributed by atoms with van der Waals surface area (Å²) >= 11 is 3.54. The lowest BCUT2D eigenvalue weighted by molar-refractivity contribution is 0.0519. The number of carbonyl (C=O) groups excluding carboxylic acids is 4. The number of amides is 3. The van der Waals surface area contributed by atoms with Gasteiger partial charge in [0.1, 0.15) is 28.2 Å². The van der Waals surface area contributed by atoms with E-state index < -0.39 is 51.9 Å². The van der Waals surface area contributed by atoms with E-state index in [1.165, 1.54) is 46.7 Å². The summed E-state index contributed by atoms with van der Waals surface area (Å²) in [6.45, 7) is 3.08. The maximum absolute atomic E-state index is 13.6. The number of imide groups is 1. The lowest BCUT2D eigenvalue weighted by Gasteiger charge is -2.18. The Morgan fingerprint density at radius 3 is 1.97 bits per heavy atom. The number of halogens is 3. The number of methoxy groups -OCH3 is 1. The molecule has 0 bridgehead atoms. The third-order valence-corrected chi connectivity index (χ3v) is 12.9. The molecule has 2 aliphatic rings. The average Bonchev–Trinajstić information content (AvgIpc) is 3.46. The number of rotatable bonds is 14. The Balaban J connectivity index is 0.000000197. The van der Waals surface area contributed by atoms with Gasteiger partial charge in [-0.15, -0.1) is 0 Å². The fourth-order valence-corrected chi connectivity index (χ4v) is 9.22. The van der Waals surface area contributed by atoms with Crippen molar-refractivity contribution in [2.75, 3.05) is 45.3 Å². The molecule has 0 aliphatic carbocycles. The molecule has 20 heteroatoms. The molecule has 0 fully saturated rings. The van der Waals surface area contributed by atoms with Crippen molar-refractivity contribution in [1.82, 2.24) is 29.3 Å². The molecule has 3 amide bonds. The van der Waals surface area contributed by atoms with Gasteiger partial charge in [0, 0.05) is 75.1 Å². The highest BCUT2D eigenvalue weighted by Crippen LogP contribution is 2.36. The summed E-state index contributed by atoms with van der Waals surface area (Å²) in [4.78, 5) is 87.4. The van der Waals surface area contributed by atoms with Crippen molar-refractivity contribution >= 4 is 67.4 Å². The van der Waals surface area contributed by atoms with E-state index in [1.807, 2.05) is 0 Å². The quantitative estimate of drug-likeness (QED) is 0.0521. The van der Waals surface area contributed by atoms with Crippen molar-refractivity contribution in [2.24, 2.45) is 0 Å². The summed E-state index contributed by atoms with van der Waals surface area (Å²) < 4.78 is 39.8. The number of hydrogen-bond acceptors (Lipinski definition) is 13. The molecule has 17 nitrogen and oxygen atoms in total. The number of anilines is 1. The second kappa shape index (κ2) is 21.4. The smallest absolute Gasteiger partial charge is 0.347 e. The van der Waals surface area contributed by atoms with Gasteiger partial charge in [-0.2, -0.15) is 0 Å². The summed E-state index contributed by atoms with van der Waals surface area (Å²) in [5.74, 6) is -4.22. The Morgan fingerprint density at radius 2 is 1.37 bits per heavy atom. The third-order valence-electron chi connectivity index (χ3n) is 12.0.